The van der Waals surface area contributed by atoms with Crippen LogP contribution in [0.5, 0.6) is 5.75 Å². The summed E-state index contributed by atoms with van der Waals surface area (Å²) in [4.78, 5) is 31.1. The molecule has 1 N–H and O–H groups in total. The van der Waals surface area contributed by atoms with Crippen molar-refractivity contribution in [1.82, 2.24) is 15.1 Å². The predicted molar refractivity (Wildman–Crippen MR) is 95.7 cm³/mol. The molecule has 0 aliphatic rings. The van der Waals surface area contributed by atoms with Crippen LogP contribution in [-0.2, 0) is 11.3 Å². The summed E-state index contributed by atoms with van der Waals surface area (Å²) in [7, 11) is 1.55. The number of esters is 1. The SMILES string of the molecule is COc1ccccc1-c1noc(COC(=O)c2[nH]c(C)c(C(C)=O)c2C)n1. The first-order valence-electron chi connectivity index (χ1n) is 8.25. The van der Waals surface area contributed by atoms with Gasteiger partial charge < -0.3 is 19.0 Å². The Morgan fingerprint density at radius 2 is 1.96 bits per heavy atom. The van der Waals surface area contributed by atoms with Gasteiger partial charge in [-0.15, -0.1) is 0 Å². The molecule has 0 atom stereocenters. The van der Waals surface area contributed by atoms with Gasteiger partial charge in [0.25, 0.3) is 5.89 Å². The number of para-hydroxylation sites is 1. The Morgan fingerprint density at radius 3 is 2.63 bits per heavy atom. The third kappa shape index (κ3) is 3.59. The molecule has 2 heterocycles. The van der Waals surface area contributed by atoms with E-state index in [4.69, 9.17) is 14.0 Å². The summed E-state index contributed by atoms with van der Waals surface area (Å²) in [6, 6.07) is 7.25. The van der Waals surface area contributed by atoms with E-state index in [0.29, 0.717) is 34.0 Å². The van der Waals surface area contributed by atoms with Crippen LogP contribution >= 0.6 is 0 Å². The van der Waals surface area contributed by atoms with Crippen molar-refractivity contribution in [1.29, 1.82) is 0 Å². The van der Waals surface area contributed by atoms with Crippen molar-refractivity contribution in [2.45, 2.75) is 27.4 Å². The number of rotatable bonds is 6. The lowest BCUT2D eigenvalue weighted by molar-refractivity contribution is 0.0422. The number of aryl methyl sites for hydroxylation is 1. The Bertz CT molecular complexity index is 1000. The van der Waals surface area contributed by atoms with Gasteiger partial charge in [0.2, 0.25) is 5.82 Å². The van der Waals surface area contributed by atoms with E-state index in [1.165, 1.54) is 6.92 Å². The molecule has 0 amide bonds. The van der Waals surface area contributed by atoms with Crippen LogP contribution in [0.25, 0.3) is 11.4 Å². The minimum atomic E-state index is -0.597. The molecule has 0 saturated heterocycles. The summed E-state index contributed by atoms with van der Waals surface area (Å²) >= 11 is 0. The largest absolute Gasteiger partial charge is 0.496 e. The van der Waals surface area contributed by atoms with Crippen LogP contribution in [0.3, 0.4) is 0 Å². The van der Waals surface area contributed by atoms with Gasteiger partial charge in [0, 0.05) is 11.3 Å². The highest BCUT2D eigenvalue weighted by Gasteiger charge is 2.22. The molecule has 3 aromatic rings. The molecule has 0 unspecified atom stereocenters. The van der Waals surface area contributed by atoms with Gasteiger partial charge in [-0.25, -0.2) is 4.79 Å². The van der Waals surface area contributed by atoms with Crippen LogP contribution in [-0.4, -0.2) is 34.0 Å². The summed E-state index contributed by atoms with van der Waals surface area (Å²) < 4.78 is 15.7. The topological polar surface area (TPSA) is 107 Å². The number of nitrogens with zero attached hydrogens (tertiary/aromatic N) is 2. The second kappa shape index (κ2) is 7.45. The number of benzene rings is 1. The monoisotopic (exact) mass is 369 g/mol. The zero-order valence-corrected chi connectivity index (χ0v) is 15.5. The molecule has 0 spiro atoms. The van der Waals surface area contributed by atoms with Crippen molar-refractivity contribution in [3.8, 4) is 17.1 Å². The van der Waals surface area contributed by atoms with E-state index in [1.807, 2.05) is 12.1 Å². The normalized spacial score (nSPS) is 10.7. The molecular formula is C19H19N3O5. The zero-order chi connectivity index (χ0) is 19.6. The number of Topliss-reactive ketones (excluding diaryl/α,β-unsaturated/α-hetero) is 1. The Labute approximate surface area is 155 Å². The summed E-state index contributed by atoms with van der Waals surface area (Å²) in [6.07, 6.45) is 0. The Morgan fingerprint density at radius 1 is 1.22 bits per heavy atom. The van der Waals surface area contributed by atoms with Crippen LogP contribution in [0, 0.1) is 13.8 Å². The van der Waals surface area contributed by atoms with Crippen LogP contribution in [0.15, 0.2) is 28.8 Å². The number of aromatic nitrogens is 3. The molecule has 0 saturated carbocycles. The van der Waals surface area contributed by atoms with Crippen LogP contribution in [0.1, 0.15) is 44.9 Å². The number of H-pyrrole nitrogens is 1. The summed E-state index contributed by atoms with van der Waals surface area (Å²) in [5.41, 5.74) is 2.59. The average Bonchev–Trinajstić information content (AvgIpc) is 3.23. The fourth-order valence-electron chi connectivity index (χ4n) is 2.93. The number of methoxy groups -OCH3 is 1. The molecule has 1 aromatic carbocycles. The molecule has 0 bridgehead atoms. The summed E-state index contributed by atoms with van der Waals surface area (Å²) in [5, 5.41) is 3.89. The molecule has 0 fully saturated rings. The number of nitrogens with one attached hydrogen (secondary N) is 1. The van der Waals surface area contributed by atoms with Gasteiger partial charge in [-0.05, 0) is 38.5 Å². The minimum Gasteiger partial charge on any atom is -0.496 e. The lowest BCUT2D eigenvalue weighted by Gasteiger charge is -2.03. The van der Waals surface area contributed by atoms with Gasteiger partial charge >= 0.3 is 5.97 Å². The maximum atomic E-state index is 12.3. The first-order chi connectivity index (χ1) is 12.9. The molecule has 8 heteroatoms. The minimum absolute atomic E-state index is 0.112. The quantitative estimate of drug-likeness (QED) is 0.525. The van der Waals surface area contributed by atoms with Gasteiger partial charge in [0.05, 0.1) is 12.7 Å². The predicted octanol–water partition coefficient (Wildman–Crippen LogP) is 3.25. The smallest absolute Gasteiger partial charge is 0.355 e. The van der Waals surface area contributed by atoms with Crippen LogP contribution in [0.2, 0.25) is 0 Å². The van der Waals surface area contributed by atoms with E-state index < -0.39 is 5.97 Å². The maximum Gasteiger partial charge on any atom is 0.355 e. The Kier molecular flexibility index (Phi) is 5.07. The van der Waals surface area contributed by atoms with Crippen molar-refractivity contribution in [3.63, 3.8) is 0 Å². The molecule has 0 aliphatic carbocycles. The first kappa shape index (κ1) is 18.4. The fraction of sp³-hybridized carbons (Fsp3) is 0.263. The first-order valence-corrected chi connectivity index (χ1v) is 8.25. The van der Waals surface area contributed by atoms with E-state index in [-0.39, 0.29) is 24.0 Å². The van der Waals surface area contributed by atoms with E-state index in [1.54, 1.807) is 33.1 Å². The number of hydrogen-bond donors (Lipinski definition) is 1. The van der Waals surface area contributed by atoms with Gasteiger partial charge in [-0.2, -0.15) is 4.98 Å². The number of hydrogen-bond acceptors (Lipinski definition) is 7. The third-order valence-electron chi connectivity index (χ3n) is 4.14. The van der Waals surface area contributed by atoms with E-state index in [0.717, 1.165) is 0 Å². The van der Waals surface area contributed by atoms with Gasteiger partial charge in [-0.3, -0.25) is 4.79 Å². The van der Waals surface area contributed by atoms with Crippen molar-refractivity contribution < 1.29 is 23.6 Å². The van der Waals surface area contributed by atoms with Gasteiger partial charge in [-0.1, -0.05) is 17.3 Å². The lowest BCUT2D eigenvalue weighted by Crippen LogP contribution is -2.08. The van der Waals surface area contributed by atoms with Gasteiger partial charge in [0.15, 0.2) is 12.4 Å². The molecule has 2 aromatic heterocycles. The highest BCUT2D eigenvalue weighted by atomic mass is 16.6. The molecule has 140 valence electrons. The molecule has 27 heavy (non-hydrogen) atoms. The summed E-state index contributed by atoms with van der Waals surface area (Å²) in [5.74, 6) is 0.385. The second-order valence-electron chi connectivity index (χ2n) is 5.97. The Balaban J connectivity index is 1.73. The number of carbonyl (C=O) groups excluding carboxylic acids is 2. The van der Waals surface area contributed by atoms with E-state index in [2.05, 4.69) is 15.1 Å². The van der Waals surface area contributed by atoms with E-state index >= 15 is 0 Å². The molecule has 3 rings (SSSR count). The van der Waals surface area contributed by atoms with Crippen molar-refractivity contribution in [2.75, 3.05) is 7.11 Å². The van der Waals surface area contributed by atoms with Crippen LogP contribution < -0.4 is 4.74 Å². The number of aromatic amines is 1. The molecular weight excluding hydrogens is 350 g/mol. The van der Waals surface area contributed by atoms with Gasteiger partial charge in [0.1, 0.15) is 11.4 Å². The lowest BCUT2D eigenvalue weighted by atomic mass is 10.1. The highest BCUT2D eigenvalue weighted by Crippen LogP contribution is 2.27. The number of ketones is 1. The Hall–Kier alpha value is -3.42. The van der Waals surface area contributed by atoms with Crippen molar-refractivity contribution in [2.24, 2.45) is 0 Å². The highest BCUT2D eigenvalue weighted by molar-refractivity contribution is 6.01. The van der Waals surface area contributed by atoms with Crippen molar-refractivity contribution >= 4 is 11.8 Å². The van der Waals surface area contributed by atoms with Crippen molar-refractivity contribution in [3.05, 3.63) is 52.7 Å². The molecule has 8 nitrogen and oxygen atoms in total. The fourth-order valence-corrected chi connectivity index (χ4v) is 2.93. The summed E-state index contributed by atoms with van der Waals surface area (Å²) in [6.45, 7) is 4.70. The second-order valence-corrected chi connectivity index (χ2v) is 5.97. The van der Waals surface area contributed by atoms with E-state index in [9.17, 15) is 9.59 Å². The zero-order valence-electron chi connectivity index (χ0n) is 15.5. The average molecular weight is 369 g/mol. The van der Waals surface area contributed by atoms with Crippen LogP contribution in [0.4, 0.5) is 0 Å². The molecule has 0 radical (unpaired) electrons. The maximum absolute atomic E-state index is 12.3. The number of carbonyl (C=O) groups is 2. The number of ether oxygens (including phenoxy) is 2. The standard InChI is InChI=1S/C19H19N3O5/c1-10-16(12(3)23)11(2)20-17(10)19(24)26-9-15-21-18(22-27-15)13-7-5-6-8-14(13)25-4/h5-8,20H,9H2,1-4H3. The molecule has 0 aliphatic heterocycles. The third-order valence-corrected chi connectivity index (χ3v) is 4.14.